The first-order chi connectivity index (χ1) is 11.6. The quantitative estimate of drug-likeness (QED) is 0.507. The van der Waals surface area contributed by atoms with E-state index in [0.29, 0.717) is 0 Å². The number of hydrogen-bond donors (Lipinski definition) is 4. The van der Waals surface area contributed by atoms with Gasteiger partial charge >= 0.3 is 10.4 Å². The second-order valence-corrected chi connectivity index (χ2v) is 6.03. The molecule has 130 valence electrons. The standard InChI is InChI=1S/C15H10O9S/c16-8-4-10(18)15-11(19)6-13(23-14(15)5-8)7-1-2-12(9(17)3-7)24-25(20,21)22/h1-6,16-18H,(H,20,21,22). The van der Waals surface area contributed by atoms with Crippen molar-refractivity contribution in [2.45, 2.75) is 0 Å². The fourth-order valence-corrected chi connectivity index (χ4v) is 2.62. The van der Waals surface area contributed by atoms with E-state index < -0.39 is 33.1 Å². The van der Waals surface area contributed by atoms with Gasteiger partial charge in [-0.1, -0.05) is 0 Å². The Morgan fingerprint density at radius 2 is 1.68 bits per heavy atom. The summed E-state index contributed by atoms with van der Waals surface area (Å²) in [4.78, 5) is 12.1. The van der Waals surface area contributed by atoms with Crippen LogP contribution in [0, 0.1) is 0 Å². The third-order valence-corrected chi connectivity index (χ3v) is 3.62. The van der Waals surface area contributed by atoms with E-state index >= 15 is 0 Å². The molecule has 0 spiro atoms. The van der Waals surface area contributed by atoms with Crippen LogP contribution in [0.2, 0.25) is 0 Å². The van der Waals surface area contributed by atoms with Gasteiger partial charge < -0.3 is 23.9 Å². The van der Waals surface area contributed by atoms with Gasteiger partial charge in [-0.25, -0.2) is 0 Å². The van der Waals surface area contributed by atoms with Gasteiger partial charge in [-0.2, -0.15) is 8.42 Å². The van der Waals surface area contributed by atoms with Crippen molar-refractivity contribution < 1.29 is 36.9 Å². The van der Waals surface area contributed by atoms with E-state index in [-0.39, 0.29) is 28.0 Å². The predicted octanol–water partition coefficient (Wildman–Crippen LogP) is 1.76. The Bertz CT molecular complexity index is 1150. The molecule has 3 rings (SSSR count). The van der Waals surface area contributed by atoms with Crippen molar-refractivity contribution >= 4 is 21.4 Å². The highest BCUT2D eigenvalue weighted by Crippen LogP contribution is 2.34. The van der Waals surface area contributed by atoms with Crippen LogP contribution in [-0.4, -0.2) is 28.3 Å². The van der Waals surface area contributed by atoms with E-state index in [1.165, 1.54) is 6.07 Å². The lowest BCUT2D eigenvalue weighted by Gasteiger charge is -2.08. The molecule has 0 aliphatic heterocycles. The first-order valence-electron chi connectivity index (χ1n) is 6.64. The third kappa shape index (κ3) is 3.34. The lowest BCUT2D eigenvalue weighted by molar-refractivity contribution is 0.371. The van der Waals surface area contributed by atoms with Crippen LogP contribution >= 0.6 is 0 Å². The van der Waals surface area contributed by atoms with Gasteiger partial charge in [0, 0.05) is 23.8 Å². The second kappa shape index (κ2) is 5.69. The van der Waals surface area contributed by atoms with Crippen molar-refractivity contribution in [1.29, 1.82) is 0 Å². The van der Waals surface area contributed by atoms with Crippen molar-refractivity contribution in [1.82, 2.24) is 0 Å². The Kier molecular flexibility index (Phi) is 3.78. The minimum Gasteiger partial charge on any atom is -0.508 e. The molecule has 0 fully saturated rings. The van der Waals surface area contributed by atoms with E-state index in [1.807, 2.05) is 0 Å². The van der Waals surface area contributed by atoms with Gasteiger partial charge in [0.25, 0.3) is 0 Å². The lowest BCUT2D eigenvalue weighted by atomic mass is 10.1. The van der Waals surface area contributed by atoms with Crippen LogP contribution in [0.25, 0.3) is 22.3 Å². The summed E-state index contributed by atoms with van der Waals surface area (Å²) >= 11 is 0. The van der Waals surface area contributed by atoms with Crippen molar-refractivity contribution in [2.24, 2.45) is 0 Å². The van der Waals surface area contributed by atoms with Gasteiger partial charge in [0.2, 0.25) is 0 Å². The highest BCUT2D eigenvalue weighted by Gasteiger charge is 2.15. The van der Waals surface area contributed by atoms with Crippen LogP contribution in [0.15, 0.2) is 45.6 Å². The average Bonchev–Trinajstić information content (AvgIpc) is 2.46. The lowest BCUT2D eigenvalue weighted by Crippen LogP contribution is -2.06. The van der Waals surface area contributed by atoms with Crippen LogP contribution in [0.3, 0.4) is 0 Å². The number of fused-ring (bicyclic) bond motifs is 1. The molecule has 3 aromatic rings. The molecule has 0 saturated carbocycles. The van der Waals surface area contributed by atoms with E-state index in [4.69, 9.17) is 8.97 Å². The minimum absolute atomic E-state index is 0.0174. The van der Waals surface area contributed by atoms with Crippen LogP contribution in [0.4, 0.5) is 0 Å². The summed E-state index contributed by atoms with van der Waals surface area (Å²) in [5, 5.41) is 28.9. The molecule has 25 heavy (non-hydrogen) atoms. The maximum absolute atomic E-state index is 12.1. The van der Waals surface area contributed by atoms with Gasteiger partial charge in [0.15, 0.2) is 16.9 Å². The van der Waals surface area contributed by atoms with Gasteiger partial charge in [-0.3, -0.25) is 9.35 Å². The molecule has 9 nitrogen and oxygen atoms in total. The van der Waals surface area contributed by atoms with E-state index in [9.17, 15) is 28.5 Å². The van der Waals surface area contributed by atoms with E-state index in [2.05, 4.69) is 4.18 Å². The van der Waals surface area contributed by atoms with Crippen LogP contribution in [0.1, 0.15) is 0 Å². The summed E-state index contributed by atoms with van der Waals surface area (Å²) in [6, 6.07) is 6.54. The zero-order valence-corrected chi connectivity index (χ0v) is 13.0. The molecule has 1 aromatic heterocycles. The fraction of sp³-hybridized carbons (Fsp3) is 0. The van der Waals surface area contributed by atoms with Gasteiger partial charge in [0.1, 0.15) is 28.2 Å². The van der Waals surface area contributed by atoms with Gasteiger partial charge in [0.05, 0.1) is 0 Å². The topological polar surface area (TPSA) is 154 Å². The Balaban J connectivity index is 2.14. The monoisotopic (exact) mass is 366 g/mol. The van der Waals surface area contributed by atoms with Crippen LogP contribution in [0.5, 0.6) is 23.0 Å². The van der Waals surface area contributed by atoms with E-state index in [0.717, 1.165) is 30.3 Å². The van der Waals surface area contributed by atoms with Gasteiger partial charge in [-0.05, 0) is 18.2 Å². The number of phenolic OH excluding ortho intramolecular Hbond substituents is 3. The average molecular weight is 366 g/mol. The summed E-state index contributed by atoms with van der Waals surface area (Å²) in [6.45, 7) is 0. The predicted molar refractivity (Wildman–Crippen MR) is 85.1 cm³/mol. The first-order valence-corrected chi connectivity index (χ1v) is 8.01. The largest absolute Gasteiger partial charge is 0.508 e. The Labute approximate surface area is 139 Å². The molecule has 0 aliphatic rings. The molecule has 1 heterocycles. The molecule has 0 saturated heterocycles. The summed E-state index contributed by atoms with van der Waals surface area (Å²) in [5.74, 6) is -1.93. The highest BCUT2D eigenvalue weighted by atomic mass is 32.3. The number of aromatic hydroxyl groups is 3. The van der Waals surface area contributed by atoms with Gasteiger partial charge in [-0.15, -0.1) is 0 Å². The first kappa shape index (κ1) is 16.6. The number of hydrogen-bond acceptors (Lipinski definition) is 8. The summed E-state index contributed by atoms with van der Waals surface area (Å²) in [7, 11) is -4.81. The van der Waals surface area contributed by atoms with Crippen LogP contribution in [-0.2, 0) is 10.4 Å². The summed E-state index contributed by atoms with van der Waals surface area (Å²) in [5.41, 5.74) is -0.494. The molecule has 0 unspecified atom stereocenters. The zero-order chi connectivity index (χ0) is 18.4. The Morgan fingerprint density at radius 1 is 0.960 bits per heavy atom. The molecule has 0 radical (unpaired) electrons. The van der Waals surface area contributed by atoms with E-state index in [1.54, 1.807) is 0 Å². The van der Waals surface area contributed by atoms with Crippen molar-refractivity contribution in [3.8, 4) is 34.3 Å². The summed E-state index contributed by atoms with van der Waals surface area (Å²) in [6.07, 6.45) is 0. The molecular weight excluding hydrogens is 356 g/mol. The van der Waals surface area contributed by atoms with Crippen molar-refractivity contribution in [2.75, 3.05) is 0 Å². The third-order valence-electron chi connectivity index (χ3n) is 3.23. The number of phenols is 3. The van der Waals surface area contributed by atoms with Crippen LogP contribution < -0.4 is 9.61 Å². The fourth-order valence-electron chi connectivity index (χ4n) is 2.25. The molecule has 2 aromatic carbocycles. The Hall–Kier alpha value is -3.24. The molecule has 10 heteroatoms. The minimum atomic E-state index is -4.81. The number of rotatable bonds is 3. The maximum atomic E-state index is 12.1. The molecule has 4 N–H and O–H groups in total. The highest BCUT2D eigenvalue weighted by molar-refractivity contribution is 7.81. The normalized spacial score (nSPS) is 11.6. The maximum Gasteiger partial charge on any atom is 0.446 e. The molecule has 0 atom stereocenters. The van der Waals surface area contributed by atoms with Crippen molar-refractivity contribution in [3.05, 3.63) is 46.6 Å². The Morgan fingerprint density at radius 3 is 2.32 bits per heavy atom. The SMILES string of the molecule is O=c1cc(-c2ccc(OS(=O)(=O)O)c(O)c2)oc2cc(O)cc(O)c12. The zero-order valence-electron chi connectivity index (χ0n) is 12.2. The molecule has 0 amide bonds. The molecule has 0 aliphatic carbocycles. The van der Waals surface area contributed by atoms with Crippen molar-refractivity contribution in [3.63, 3.8) is 0 Å². The molecule has 0 bridgehead atoms. The summed E-state index contributed by atoms with van der Waals surface area (Å²) < 4.78 is 39.6. The second-order valence-electron chi connectivity index (χ2n) is 5.01. The smallest absolute Gasteiger partial charge is 0.446 e. The molecular formula is C15H10O9S. The number of benzene rings is 2.